The molecular formula is H5KO4S. The summed E-state index contributed by atoms with van der Waals surface area (Å²) in [5.74, 6) is 0. The summed E-state index contributed by atoms with van der Waals surface area (Å²) in [7, 11) is 0. The molecule has 0 spiro atoms. The fourth-order valence-electron chi connectivity index (χ4n) is 0. The van der Waals surface area contributed by atoms with Crippen molar-refractivity contribution in [3.63, 3.8) is 0 Å². The molecule has 0 heterocycles. The summed E-state index contributed by atoms with van der Waals surface area (Å²) in [6.45, 7) is 0. The van der Waals surface area contributed by atoms with Crippen LogP contribution in [0.2, 0.25) is 0 Å². The van der Waals surface area contributed by atoms with E-state index in [-0.39, 0.29) is 58.3 Å². The van der Waals surface area contributed by atoms with Gasteiger partial charge in [-0.1, -0.05) is 0 Å². The molecule has 0 aromatic carbocycles. The second kappa shape index (κ2) is 9.83. The molecule has 0 unspecified atom stereocenters. The fraction of sp³-hybridized carbons (Fsp3) is 0. The maximum absolute atomic E-state index is 8.67. The molecule has 0 aliphatic carbocycles. The monoisotopic (exact) mass is 140 g/mol. The van der Waals surface area contributed by atoms with Gasteiger partial charge in [-0.3, -0.25) is 9.11 Å². The van der Waals surface area contributed by atoms with E-state index >= 15 is 0 Å². The Kier molecular flexibility index (Phi) is 25.6. The molecule has 0 aromatic heterocycles. The molecule has 0 saturated heterocycles. The van der Waals surface area contributed by atoms with Gasteiger partial charge in [0.15, 0.2) is 0 Å². The predicted molar refractivity (Wildman–Crippen MR) is 18.1 cm³/mol. The smallest absolute Gasteiger partial charge is 1.00 e. The molecule has 0 atom stereocenters. The molecule has 6 heteroatoms. The van der Waals surface area contributed by atoms with Crippen molar-refractivity contribution in [2.24, 2.45) is 0 Å². The minimum absolute atomic E-state index is 0. The number of rotatable bonds is 0. The number of hydrogen-bond donors (Lipinski definition) is 2. The van der Waals surface area contributed by atoms with E-state index in [2.05, 4.69) is 0 Å². The van der Waals surface area contributed by atoms with Gasteiger partial charge in [0.25, 0.3) is 11.4 Å². The normalized spacial score (nSPS) is 5.83. The summed E-state index contributed by atoms with van der Waals surface area (Å²) >= 11 is -2.61. The van der Waals surface area contributed by atoms with Gasteiger partial charge >= 0.3 is 51.4 Å². The Morgan fingerprint density at radius 1 is 1.50 bits per heavy atom. The van der Waals surface area contributed by atoms with Gasteiger partial charge in [0.1, 0.15) is 0 Å². The maximum Gasteiger partial charge on any atom is 1.00 e. The van der Waals surface area contributed by atoms with Crippen molar-refractivity contribution >= 4 is 11.4 Å². The van der Waals surface area contributed by atoms with Gasteiger partial charge in [0, 0.05) is 0 Å². The third-order valence-electron chi connectivity index (χ3n) is 0. The average Bonchev–Trinajstić information content (AvgIpc) is 0.811. The first-order valence-corrected chi connectivity index (χ1v) is 1.60. The van der Waals surface area contributed by atoms with Crippen molar-refractivity contribution in [1.29, 1.82) is 0 Å². The Morgan fingerprint density at radius 2 is 1.50 bits per heavy atom. The van der Waals surface area contributed by atoms with E-state index in [1.165, 1.54) is 0 Å². The second-order valence-electron chi connectivity index (χ2n) is 0.231. The predicted octanol–water partition coefficient (Wildman–Crippen LogP) is -4.03. The van der Waals surface area contributed by atoms with Crippen LogP contribution in [0.3, 0.4) is 0 Å². The topological polar surface area (TPSA) is 89.0 Å². The van der Waals surface area contributed by atoms with E-state index in [9.17, 15) is 0 Å². The molecule has 0 fully saturated rings. The van der Waals surface area contributed by atoms with Gasteiger partial charge in [-0.05, 0) is 0 Å². The van der Waals surface area contributed by atoms with Crippen LogP contribution in [-0.2, 0) is 11.4 Å². The molecule has 0 bridgehead atoms. The van der Waals surface area contributed by atoms with Crippen LogP contribution < -0.4 is 51.4 Å². The summed E-state index contributed by atoms with van der Waals surface area (Å²) in [6.07, 6.45) is 0. The van der Waals surface area contributed by atoms with E-state index in [4.69, 9.17) is 13.3 Å². The third-order valence-corrected chi connectivity index (χ3v) is 0. The van der Waals surface area contributed by atoms with Gasteiger partial charge < -0.3 is 6.90 Å². The Balaban J connectivity index is -0.0000000150. The first-order valence-electron chi connectivity index (χ1n) is 0.532. The van der Waals surface area contributed by atoms with Crippen molar-refractivity contribution in [2.45, 2.75) is 0 Å². The second-order valence-corrected chi connectivity index (χ2v) is 0.692. The largest absolute Gasteiger partial charge is 1.00 e. The van der Waals surface area contributed by atoms with Crippen molar-refractivity contribution in [3.8, 4) is 0 Å². The molecule has 4 N–H and O–H groups in total. The van der Waals surface area contributed by atoms with Crippen LogP contribution in [-0.4, -0.2) is 18.8 Å². The van der Waals surface area contributed by atoms with Crippen LogP contribution in [0.1, 0.15) is 1.43 Å². The summed E-state index contributed by atoms with van der Waals surface area (Å²) in [5.41, 5.74) is 0. The molecule has 0 aromatic rings. The Hall–Kier alpha value is 1.67. The first kappa shape index (κ1) is 15.6. The minimum atomic E-state index is -2.61. The van der Waals surface area contributed by atoms with Crippen LogP contribution in [0.5, 0.6) is 0 Å². The van der Waals surface area contributed by atoms with Gasteiger partial charge in [-0.25, -0.2) is 0 Å². The molecule has 36 valence electrons. The molecule has 0 aliphatic heterocycles. The Bertz CT molecular complexity index is 34.7. The standard InChI is InChI=1S/K.H2O3S.H2O.H/c;1-4(2)3;;/h;(H2,1,2,3);1H2;/q+1;;;-1. The SMILES string of the molecule is O.O=S(O)O.[H-].[K+]. The average molecular weight is 140 g/mol. The quantitative estimate of drug-likeness (QED) is 0.265. The van der Waals surface area contributed by atoms with Crippen molar-refractivity contribution in [1.82, 2.24) is 0 Å². The van der Waals surface area contributed by atoms with Crippen LogP contribution in [0.25, 0.3) is 0 Å². The van der Waals surface area contributed by atoms with Crippen LogP contribution in [0, 0.1) is 0 Å². The molecule has 0 saturated carbocycles. The van der Waals surface area contributed by atoms with Crippen LogP contribution >= 0.6 is 0 Å². The van der Waals surface area contributed by atoms with Gasteiger partial charge in [-0.2, -0.15) is 4.21 Å². The Labute approximate surface area is 81.6 Å². The van der Waals surface area contributed by atoms with E-state index in [1.54, 1.807) is 0 Å². The molecule has 6 heavy (non-hydrogen) atoms. The summed E-state index contributed by atoms with van der Waals surface area (Å²) < 4.78 is 22.8. The van der Waals surface area contributed by atoms with Gasteiger partial charge in [-0.15, -0.1) is 0 Å². The summed E-state index contributed by atoms with van der Waals surface area (Å²) in [4.78, 5) is 0. The molecule has 0 rings (SSSR count). The van der Waals surface area contributed by atoms with Crippen molar-refractivity contribution in [2.75, 3.05) is 0 Å². The van der Waals surface area contributed by atoms with Gasteiger partial charge in [0.05, 0.1) is 0 Å². The maximum atomic E-state index is 8.67. The van der Waals surface area contributed by atoms with Crippen LogP contribution in [0.15, 0.2) is 0 Å². The first-order chi connectivity index (χ1) is 1.73. The van der Waals surface area contributed by atoms with E-state index in [0.29, 0.717) is 0 Å². The van der Waals surface area contributed by atoms with E-state index in [1.807, 2.05) is 0 Å². The molecule has 0 aliphatic rings. The van der Waals surface area contributed by atoms with E-state index in [0.717, 1.165) is 0 Å². The van der Waals surface area contributed by atoms with Crippen molar-refractivity contribution in [3.05, 3.63) is 0 Å². The molecule has 0 radical (unpaired) electrons. The minimum Gasteiger partial charge on any atom is -1.00 e. The number of hydrogen-bond acceptors (Lipinski definition) is 1. The molecule has 4 nitrogen and oxygen atoms in total. The fourth-order valence-corrected chi connectivity index (χ4v) is 0. The van der Waals surface area contributed by atoms with E-state index < -0.39 is 11.4 Å². The third kappa shape index (κ3) is 44.4. The molecular weight excluding hydrogens is 135 g/mol. The zero-order chi connectivity index (χ0) is 3.58. The zero-order valence-electron chi connectivity index (χ0n) is 4.21. The summed E-state index contributed by atoms with van der Waals surface area (Å²) in [5, 5.41) is 0. The molecule has 0 amide bonds. The van der Waals surface area contributed by atoms with Crippen molar-refractivity contribution < 1.29 is 71.6 Å². The van der Waals surface area contributed by atoms with Gasteiger partial charge in [0.2, 0.25) is 0 Å². The zero-order valence-corrected chi connectivity index (χ0v) is 7.15. The Morgan fingerprint density at radius 3 is 1.50 bits per heavy atom. The summed E-state index contributed by atoms with van der Waals surface area (Å²) in [6, 6.07) is 0. The van der Waals surface area contributed by atoms with Crippen LogP contribution in [0.4, 0.5) is 0 Å².